The van der Waals surface area contributed by atoms with Crippen LogP contribution in [-0.4, -0.2) is 27.1 Å². The van der Waals surface area contributed by atoms with Crippen molar-refractivity contribution in [3.8, 4) is 16.9 Å². The lowest BCUT2D eigenvalue weighted by Crippen LogP contribution is -2.22. The van der Waals surface area contributed by atoms with Gasteiger partial charge in [0.1, 0.15) is 5.75 Å². The van der Waals surface area contributed by atoms with Crippen LogP contribution in [0.25, 0.3) is 16.8 Å². The number of thiophene rings is 1. The maximum Gasteiger partial charge on any atom is 0.261 e. The lowest BCUT2D eigenvalue weighted by atomic mass is 10.1. The fourth-order valence-corrected chi connectivity index (χ4v) is 3.72. The molecule has 0 saturated heterocycles. The fraction of sp³-hybridized carbons (Fsp3) is 0.150. The van der Waals surface area contributed by atoms with E-state index >= 15 is 0 Å². The number of aromatic nitrogens is 3. The van der Waals surface area contributed by atoms with Crippen LogP contribution >= 0.6 is 11.3 Å². The van der Waals surface area contributed by atoms with Crippen molar-refractivity contribution >= 4 is 28.8 Å². The molecule has 0 aliphatic carbocycles. The summed E-state index contributed by atoms with van der Waals surface area (Å²) in [6.45, 7) is 2.93. The topological polar surface area (TPSA) is 94.5 Å². The quantitative estimate of drug-likeness (QED) is 0.524. The number of carbonyl (C=O) groups excluding carboxylic acids is 1. The number of benzene rings is 1. The first-order valence-corrected chi connectivity index (χ1v) is 9.71. The van der Waals surface area contributed by atoms with Gasteiger partial charge < -0.3 is 15.8 Å². The van der Waals surface area contributed by atoms with Crippen LogP contribution in [0.5, 0.6) is 5.75 Å². The molecule has 142 valence electrons. The largest absolute Gasteiger partial charge is 0.494 e. The predicted molar refractivity (Wildman–Crippen MR) is 109 cm³/mol. The van der Waals surface area contributed by atoms with Crippen molar-refractivity contribution in [2.75, 3.05) is 12.3 Å². The Morgan fingerprint density at radius 2 is 2.11 bits per heavy atom. The molecule has 0 fully saturated rings. The average molecular weight is 393 g/mol. The number of nitrogens with two attached hydrogens (primary N) is 1. The summed E-state index contributed by atoms with van der Waals surface area (Å²) >= 11 is 1.40. The lowest BCUT2D eigenvalue weighted by Gasteiger charge is -2.10. The van der Waals surface area contributed by atoms with Gasteiger partial charge in [0.25, 0.3) is 5.91 Å². The Hall–Kier alpha value is -3.39. The number of para-hydroxylation sites is 1. The van der Waals surface area contributed by atoms with E-state index in [0.29, 0.717) is 23.7 Å². The minimum Gasteiger partial charge on any atom is -0.494 e. The molecule has 4 aromatic rings. The SMILES string of the molecule is CCOc1ccccc1CNC(=O)c1cc(-c2ccc3nc(N)nn3c2)cs1. The van der Waals surface area contributed by atoms with Gasteiger partial charge in [-0.25, -0.2) is 4.52 Å². The van der Waals surface area contributed by atoms with Crippen molar-refractivity contribution < 1.29 is 9.53 Å². The van der Waals surface area contributed by atoms with Crippen LogP contribution in [-0.2, 0) is 6.54 Å². The molecule has 0 aliphatic heterocycles. The Bertz CT molecular complexity index is 1130. The summed E-state index contributed by atoms with van der Waals surface area (Å²) in [7, 11) is 0. The van der Waals surface area contributed by atoms with Crippen molar-refractivity contribution in [2.24, 2.45) is 0 Å². The molecule has 3 aromatic heterocycles. The first-order valence-electron chi connectivity index (χ1n) is 8.83. The number of fused-ring (bicyclic) bond motifs is 1. The van der Waals surface area contributed by atoms with Gasteiger partial charge in [0.2, 0.25) is 5.95 Å². The minimum atomic E-state index is -0.117. The molecule has 1 aromatic carbocycles. The predicted octanol–water partition coefficient (Wildman–Crippen LogP) is 3.37. The van der Waals surface area contributed by atoms with Crippen LogP contribution in [0.3, 0.4) is 0 Å². The molecule has 0 saturated carbocycles. The summed E-state index contributed by atoms with van der Waals surface area (Å²) in [6.07, 6.45) is 1.85. The number of anilines is 1. The van der Waals surface area contributed by atoms with Crippen LogP contribution in [0.15, 0.2) is 54.0 Å². The zero-order valence-electron chi connectivity index (χ0n) is 15.3. The standard InChI is InChI=1S/C20H19N5O2S/c1-2-27-16-6-4-3-5-13(16)10-22-19(26)17-9-15(12-28-17)14-7-8-18-23-20(21)24-25(18)11-14/h3-9,11-12H,2,10H2,1H3,(H2,21,24)(H,22,26). The summed E-state index contributed by atoms with van der Waals surface area (Å²) in [5.74, 6) is 0.904. The molecule has 3 N–H and O–H groups in total. The molecule has 8 heteroatoms. The number of amides is 1. The lowest BCUT2D eigenvalue weighted by molar-refractivity contribution is 0.0954. The van der Waals surface area contributed by atoms with Gasteiger partial charge in [-0.15, -0.1) is 16.4 Å². The molecule has 28 heavy (non-hydrogen) atoms. The van der Waals surface area contributed by atoms with Crippen molar-refractivity contribution in [2.45, 2.75) is 13.5 Å². The number of nitrogen functional groups attached to an aromatic ring is 1. The van der Waals surface area contributed by atoms with Gasteiger partial charge in [0, 0.05) is 23.9 Å². The third-order valence-corrected chi connectivity index (χ3v) is 5.14. The molecule has 0 unspecified atom stereocenters. The Morgan fingerprint density at radius 3 is 2.96 bits per heavy atom. The van der Waals surface area contributed by atoms with E-state index in [1.807, 2.05) is 61.0 Å². The molecule has 0 bridgehead atoms. The van der Waals surface area contributed by atoms with Crippen molar-refractivity contribution in [3.05, 3.63) is 64.5 Å². The van der Waals surface area contributed by atoms with Gasteiger partial charge in [-0.1, -0.05) is 18.2 Å². The summed E-state index contributed by atoms with van der Waals surface area (Å²) in [5, 5.41) is 9.03. The number of hydrogen-bond donors (Lipinski definition) is 2. The molecular weight excluding hydrogens is 374 g/mol. The number of nitrogens with one attached hydrogen (secondary N) is 1. The second-order valence-electron chi connectivity index (χ2n) is 6.11. The molecule has 0 radical (unpaired) electrons. The number of rotatable bonds is 6. The van der Waals surface area contributed by atoms with Crippen molar-refractivity contribution in [1.82, 2.24) is 19.9 Å². The Morgan fingerprint density at radius 1 is 1.25 bits per heavy atom. The Kier molecular flexibility index (Phi) is 4.94. The first kappa shape index (κ1) is 18.0. The van der Waals surface area contributed by atoms with Gasteiger partial charge in [-0.2, -0.15) is 4.98 Å². The monoisotopic (exact) mass is 393 g/mol. The van der Waals surface area contributed by atoms with E-state index in [0.717, 1.165) is 22.4 Å². The van der Waals surface area contributed by atoms with Gasteiger partial charge in [-0.3, -0.25) is 4.79 Å². The second kappa shape index (κ2) is 7.69. The first-order chi connectivity index (χ1) is 13.6. The Labute approximate surface area is 165 Å². The van der Waals surface area contributed by atoms with Gasteiger partial charge in [0.05, 0.1) is 11.5 Å². The van der Waals surface area contributed by atoms with Crippen LogP contribution in [0.2, 0.25) is 0 Å². The van der Waals surface area contributed by atoms with Crippen molar-refractivity contribution in [1.29, 1.82) is 0 Å². The van der Waals surface area contributed by atoms with E-state index in [-0.39, 0.29) is 11.9 Å². The molecule has 1 amide bonds. The number of nitrogens with zero attached hydrogens (tertiary/aromatic N) is 3. The van der Waals surface area contributed by atoms with E-state index in [2.05, 4.69) is 15.4 Å². The summed E-state index contributed by atoms with van der Waals surface area (Å²) in [4.78, 5) is 17.3. The molecule has 0 spiro atoms. The van der Waals surface area contributed by atoms with Gasteiger partial charge in [-0.05, 0) is 42.1 Å². The summed E-state index contributed by atoms with van der Waals surface area (Å²) in [5.41, 5.74) is 9.15. The third kappa shape index (κ3) is 3.67. The van der Waals surface area contributed by atoms with E-state index in [1.54, 1.807) is 4.52 Å². The molecule has 0 aliphatic rings. The van der Waals surface area contributed by atoms with Crippen molar-refractivity contribution in [3.63, 3.8) is 0 Å². The van der Waals surface area contributed by atoms with Crippen LogP contribution in [0.4, 0.5) is 5.95 Å². The van der Waals surface area contributed by atoms with Gasteiger partial charge >= 0.3 is 0 Å². The molecule has 0 atom stereocenters. The van der Waals surface area contributed by atoms with Crippen LogP contribution in [0.1, 0.15) is 22.2 Å². The van der Waals surface area contributed by atoms with Gasteiger partial charge in [0.15, 0.2) is 5.65 Å². The van der Waals surface area contributed by atoms with Crippen LogP contribution < -0.4 is 15.8 Å². The number of ether oxygens (including phenoxy) is 1. The number of hydrogen-bond acceptors (Lipinski definition) is 6. The highest BCUT2D eigenvalue weighted by Crippen LogP contribution is 2.26. The highest BCUT2D eigenvalue weighted by atomic mass is 32.1. The zero-order chi connectivity index (χ0) is 19.5. The highest BCUT2D eigenvalue weighted by molar-refractivity contribution is 7.12. The Balaban J connectivity index is 1.48. The fourth-order valence-electron chi connectivity index (χ4n) is 2.89. The number of pyridine rings is 1. The highest BCUT2D eigenvalue weighted by Gasteiger charge is 2.12. The van der Waals surface area contributed by atoms with Crippen LogP contribution in [0, 0.1) is 0 Å². The molecule has 3 heterocycles. The summed E-state index contributed by atoms with van der Waals surface area (Å²) in [6, 6.07) is 13.4. The molecule has 4 rings (SSSR count). The second-order valence-corrected chi connectivity index (χ2v) is 7.02. The van der Waals surface area contributed by atoms with E-state index < -0.39 is 0 Å². The average Bonchev–Trinajstić information content (AvgIpc) is 3.32. The zero-order valence-corrected chi connectivity index (χ0v) is 16.1. The molecule has 7 nitrogen and oxygen atoms in total. The number of carbonyl (C=O) groups is 1. The third-order valence-electron chi connectivity index (χ3n) is 4.22. The minimum absolute atomic E-state index is 0.117. The summed E-state index contributed by atoms with van der Waals surface area (Å²) < 4.78 is 7.23. The maximum absolute atomic E-state index is 12.6. The molecular formula is C20H19N5O2S. The van der Waals surface area contributed by atoms with E-state index in [4.69, 9.17) is 10.5 Å². The van der Waals surface area contributed by atoms with E-state index in [1.165, 1.54) is 11.3 Å². The normalized spacial score (nSPS) is 10.9. The van der Waals surface area contributed by atoms with E-state index in [9.17, 15) is 4.79 Å². The smallest absolute Gasteiger partial charge is 0.261 e. The maximum atomic E-state index is 12.6.